The molecular formula is C25H35N3O2. The number of aromatic nitrogens is 1. The number of unbranched alkanes of at least 4 members (excludes halogenated alkanes) is 3. The number of benzene rings is 1. The first kappa shape index (κ1) is 22.3. The highest BCUT2D eigenvalue weighted by Gasteiger charge is 2.18. The van der Waals surface area contributed by atoms with Crippen LogP contribution in [0.3, 0.4) is 0 Å². The van der Waals surface area contributed by atoms with Gasteiger partial charge in [0.05, 0.1) is 6.54 Å². The summed E-state index contributed by atoms with van der Waals surface area (Å²) in [5.74, 6) is 0.357. The Morgan fingerprint density at radius 3 is 2.47 bits per heavy atom. The summed E-state index contributed by atoms with van der Waals surface area (Å²) in [6.45, 7) is 0.392. The Labute approximate surface area is 180 Å². The molecule has 0 radical (unpaired) electrons. The van der Waals surface area contributed by atoms with Crippen LogP contribution in [-0.2, 0) is 0 Å². The van der Waals surface area contributed by atoms with Crippen LogP contribution in [0.1, 0.15) is 81.3 Å². The summed E-state index contributed by atoms with van der Waals surface area (Å²) in [4.78, 5) is 16.4. The summed E-state index contributed by atoms with van der Waals surface area (Å²) in [5, 5.41) is 13.8. The van der Waals surface area contributed by atoms with Crippen LogP contribution < -0.4 is 5.32 Å². The monoisotopic (exact) mass is 409 g/mol. The van der Waals surface area contributed by atoms with Crippen molar-refractivity contribution < 1.29 is 10.0 Å². The van der Waals surface area contributed by atoms with E-state index in [0.717, 1.165) is 50.0 Å². The fourth-order valence-electron chi connectivity index (χ4n) is 4.35. The normalized spacial score (nSPS) is 15.5. The van der Waals surface area contributed by atoms with Crippen LogP contribution >= 0.6 is 0 Å². The Bertz CT molecular complexity index is 693. The maximum atomic E-state index is 12.1. The lowest BCUT2D eigenvalue weighted by molar-refractivity contribution is -0.0454. The zero-order chi connectivity index (χ0) is 21.0. The predicted molar refractivity (Wildman–Crippen MR) is 120 cm³/mol. The molecule has 0 spiro atoms. The Morgan fingerprint density at radius 2 is 1.73 bits per heavy atom. The van der Waals surface area contributed by atoms with Gasteiger partial charge in [0.15, 0.2) is 0 Å². The molecule has 0 aliphatic heterocycles. The van der Waals surface area contributed by atoms with E-state index in [1.165, 1.54) is 30.4 Å². The molecule has 1 saturated carbocycles. The van der Waals surface area contributed by atoms with Crippen LogP contribution in [0.25, 0.3) is 0 Å². The number of hydroxylamine groups is 2. The quantitative estimate of drug-likeness (QED) is 0.292. The standard InChI is InChI=1S/C25H35N3O2/c29-25(27-23-15-7-4-8-16-23)28(30)19-10-2-1-9-17-24(21-12-5-3-6-13-21)22-14-11-18-26-20-22/h3,5-6,11-14,18,20,23-24,30H,1-2,4,7-10,15-17,19H2,(H,27,29). The van der Waals surface area contributed by atoms with Crippen molar-refractivity contribution in [1.82, 2.24) is 15.4 Å². The zero-order valence-corrected chi connectivity index (χ0v) is 17.9. The Morgan fingerprint density at radius 1 is 1.00 bits per heavy atom. The van der Waals surface area contributed by atoms with E-state index in [9.17, 15) is 10.0 Å². The SMILES string of the molecule is O=C(NC1CCCCC1)N(O)CCCCCCC(c1ccccc1)c1cccnc1. The van der Waals surface area contributed by atoms with Crippen molar-refractivity contribution in [2.45, 2.75) is 76.2 Å². The average Bonchev–Trinajstić information content (AvgIpc) is 2.80. The topological polar surface area (TPSA) is 65.5 Å². The van der Waals surface area contributed by atoms with Crippen molar-refractivity contribution in [2.24, 2.45) is 0 Å². The van der Waals surface area contributed by atoms with Gasteiger partial charge in [-0.3, -0.25) is 10.2 Å². The number of carbonyl (C=O) groups excluding carboxylic acids is 1. The largest absolute Gasteiger partial charge is 0.341 e. The van der Waals surface area contributed by atoms with Crippen LogP contribution in [0.4, 0.5) is 4.79 Å². The lowest BCUT2D eigenvalue weighted by atomic mass is 9.87. The van der Waals surface area contributed by atoms with Gasteiger partial charge in [-0.15, -0.1) is 0 Å². The summed E-state index contributed by atoms with van der Waals surface area (Å²) in [6.07, 6.45) is 14.5. The maximum Gasteiger partial charge on any atom is 0.341 e. The molecule has 1 aliphatic carbocycles. The molecule has 1 heterocycles. The van der Waals surface area contributed by atoms with Crippen LogP contribution in [0, 0.1) is 0 Å². The minimum atomic E-state index is -0.345. The summed E-state index contributed by atoms with van der Waals surface area (Å²) in [5.41, 5.74) is 2.58. The molecule has 0 saturated heterocycles. The Kier molecular flexibility index (Phi) is 9.16. The molecule has 1 aliphatic rings. The average molecular weight is 410 g/mol. The van der Waals surface area contributed by atoms with Crippen molar-refractivity contribution in [2.75, 3.05) is 6.54 Å². The second-order valence-electron chi connectivity index (χ2n) is 8.36. The van der Waals surface area contributed by atoms with Gasteiger partial charge in [0, 0.05) is 24.4 Å². The number of nitrogens with zero attached hydrogens (tertiary/aromatic N) is 2. The van der Waals surface area contributed by atoms with E-state index in [-0.39, 0.29) is 12.1 Å². The first-order valence-corrected chi connectivity index (χ1v) is 11.5. The summed E-state index contributed by atoms with van der Waals surface area (Å²) < 4.78 is 0. The van der Waals surface area contributed by atoms with E-state index < -0.39 is 0 Å². The van der Waals surface area contributed by atoms with E-state index in [0.29, 0.717) is 12.5 Å². The second kappa shape index (κ2) is 12.3. The first-order valence-electron chi connectivity index (χ1n) is 11.5. The highest BCUT2D eigenvalue weighted by Crippen LogP contribution is 2.29. The summed E-state index contributed by atoms with van der Waals surface area (Å²) >= 11 is 0. The number of nitrogens with one attached hydrogen (secondary N) is 1. The number of hydrogen-bond acceptors (Lipinski definition) is 3. The summed E-state index contributed by atoms with van der Waals surface area (Å²) in [7, 11) is 0. The van der Waals surface area contributed by atoms with E-state index >= 15 is 0 Å². The highest BCUT2D eigenvalue weighted by molar-refractivity contribution is 5.73. The minimum absolute atomic E-state index is 0.225. The van der Waals surface area contributed by atoms with E-state index in [1.807, 2.05) is 18.5 Å². The van der Waals surface area contributed by atoms with E-state index in [2.05, 4.69) is 46.7 Å². The first-order chi connectivity index (χ1) is 14.7. The number of pyridine rings is 1. The fourth-order valence-corrected chi connectivity index (χ4v) is 4.35. The van der Waals surface area contributed by atoms with E-state index in [1.54, 1.807) is 0 Å². The number of urea groups is 1. The molecular weight excluding hydrogens is 374 g/mol. The fraction of sp³-hybridized carbons (Fsp3) is 0.520. The second-order valence-corrected chi connectivity index (χ2v) is 8.36. The van der Waals surface area contributed by atoms with Crippen LogP contribution in [-0.4, -0.2) is 33.9 Å². The van der Waals surface area contributed by atoms with Gasteiger partial charge in [-0.05, 0) is 42.9 Å². The molecule has 1 aromatic heterocycles. The van der Waals surface area contributed by atoms with Gasteiger partial charge in [0.2, 0.25) is 0 Å². The van der Waals surface area contributed by atoms with Crippen LogP contribution in [0.5, 0.6) is 0 Å². The molecule has 2 aromatic rings. The molecule has 30 heavy (non-hydrogen) atoms. The molecule has 1 fully saturated rings. The summed E-state index contributed by atoms with van der Waals surface area (Å²) in [6, 6.07) is 14.6. The molecule has 1 unspecified atom stereocenters. The van der Waals surface area contributed by atoms with Crippen LogP contribution in [0.2, 0.25) is 0 Å². The van der Waals surface area contributed by atoms with Gasteiger partial charge in [-0.25, -0.2) is 9.86 Å². The molecule has 2 amide bonds. The van der Waals surface area contributed by atoms with Crippen molar-refractivity contribution in [1.29, 1.82) is 0 Å². The molecule has 0 bridgehead atoms. The number of carbonyl (C=O) groups is 1. The maximum absolute atomic E-state index is 12.1. The lowest BCUT2D eigenvalue weighted by Gasteiger charge is -2.25. The minimum Gasteiger partial charge on any atom is -0.333 e. The smallest absolute Gasteiger partial charge is 0.333 e. The molecule has 1 atom stereocenters. The molecule has 5 nitrogen and oxygen atoms in total. The van der Waals surface area contributed by atoms with E-state index in [4.69, 9.17) is 0 Å². The predicted octanol–water partition coefficient (Wildman–Crippen LogP) is 5.90. The van der Waals surface area contributed by atoms with Gasteiger partial charge >= 0.3 is 6.03 Å². The molecule has 2 N–H and O–H groups in total. The number of rotatable bonds is 10. The Hall–Kier alpha value is -2.40. The number of hydrogen-bond donors (Lipinski definition) is 2. The van der Waals surface area contributed by atoms with Crippen molar-refractivity contribution in [3.63, 3.8) is 0 Å². The Balaban J connectivity index is 1.36. The number of amides is 2. The molecule has 162 valence electrons. The van der Waals surface area contributed by atoms with Gasteiger partial charge in [-0.1, -0.05) is 74.9 Å². The van der Waals surface area contributed by atoms with Crippen molar-refractivity contribution in [3.8, 4) is 0 Å². The molecule has 1 aromatic carbocycles. The third-order valence-electron chi connectivity index (χ3n) is 6.07. The lowest BCUT2D eigenvalue weighted by Crippen LogP contribution is -2.44. The third-order valence-corrected chi connectivity index (χ3v) is 6.07. The van der Waals surface area contributed by atoms with Gasteiger partial charge in [0.1, 0.15) is 0 Å². The molecule has 5 heteroatoms. The van der Waals surface area contributed by atoms with Gasteiger partial charge < -0.3 is 5.32 Å². The highest BCUT2D eigenvalue weighted by atomic mass is 16.5. The third kappa shape index (κ3) is 7.13. The van der Waals surface area contributed by atoms with Crippen molar-refractivity contribution >= 4 is 6.03 Å². The van der Waals surface area contributed by atoms with Crippen molar-refractivity contribution in [3.05, 3.63) is 66.0 Å². The van der Waals surface area contributed by atoms with Gasteiger partial charge in [0.25, 0.3) is 0 Å². The van der Waals surface area contributed by atoms with Gasteiger partial charge in [-0.2, -0.15) is 0 Å². The zero-order valence-electron chi connectivity index (χ0n) is 17.9. The van der Waals surface area contributed by atoms with Crippen LogP contribution in [0.15, 0.2) is 54.9 Å². The molecule has 3 rings (SSSR count).